The molecule has 186 valence electrons. The van der Waals surface area contributed by atoms with Gasteiger partial charge in [-0.25, -0.2) is 0 Å². The van der Waals surface area contributed by atoms with Gasteiger partial charge in [0.1, 0.15) is 5.75 Å². The van der Waals surface area contributed by atoms with Gasteiger partial charge in [-0.3, -0.25) is 4.79 Å². The monoisotopic (exact) mass is 489 g/mol. The third-order valence-electron chi connectivity index (χ3n) is 5.56. The van der Waals surface area contributed by atoms with E-state index in [9.17, 15) is 4.79 Å². The van der Waals surface area contributed by atoms with Crippen molar-refractivity contribution in [2.24, 2.45) is 11.8 Å². The summed E-state index contributed by atoms with van der Waals surface area (Å²) < 4.78 is 16.8. The maximum atomic E-state index is 13.4. The first-order chi connectivity index (χ1) is 16.3. The molecule has 0 bridgehead atoms. The number of anilines is 1. The van der Waals surface area contributed by atoms with Crippen molar-refractivity contribution in [3.05, 3.63) is 46.5 Å². The fourth-order valence-electron chi connectivity index (χ4n) is 4.01. The van der Waals surface area contributed by atoms with E-state index in [1.807, 2.05) is 36.1 Å². The highest BCUT2D eigenvalue weighted by Gasteiger charge is 2.23. The predicted octanol–water partition coefficient (Wildman–Crippen LogP) is 4.50. The van der Waals surface area contributed by atoms with Crippen LogP contribution in [0.5, 0.6) is 17.2 Å². The number of methoxy groups -OCH3 is 1. The van der Waals surface area contributed by atoms with E-state index >= 15 is 0 Å². The molecule has 8 heteroatoms. The number of nitrogen functional groups attached to an aromatic ring is 1. The summed E-state index contributed by atoms with van der Waals surface area (Å²) in [5, 5.41) is 3.89. The molecule has 0 saturated heterocycles. The number of carbonyl (C=O) groups is 1. The number of carbonyl (C=O) groups excluding carboxylic acids is 1. The van der Waals surface area contributed by atoms with Gasteiger partial charge < -0.3 is 30.2 Å². The second-order valence-corrected chi connectivity index (χ2v) is 9.62. The van der Waals surface area contributed by atoms with Crippen LogP contribution in [0.4, 0.5) is 5.69 Å². The molecule has 1 aliphatic rings. The van der Waals surface area contributed by atoms with Crippen molar-refractivity contribution < 1.29 is 19.0 Å². The van der Waals surface area contributed by atoms with Gasteiger partial charge >= 0.3 is 0 Å². The van der Waals surface area contributed by atoms with Crippen LogP contribution in [0.1, 0.15) is 38.3 Å². The summed E-state index contributed by atoms with van der Waals surface area (Å²) in [4.78, 5) is 15.3. The van der Waals surface area contributed by atoms with Gasteiger partial charge in [0.2, 0.25) is 5.91 Å². The van der Waals surface area contributed by atoms with Gasteiger partial charge in [0.15, 0.2) is 11.5 Å². The maximum absolute atomic E-state index is 13.4. The molecular formula is C26H36ClN3O4. The molecule has 0 aromatic heterocycles. The minimum Gasteiger partial charge on any atom is -0.497 e. The highest BCUT2D eigenvalue weighted by atomic mass is 35.5. The van der Waals surface area contributed by atoms with Crippen molar-refractivity contribution in [2.45, 2.75) is 40.3 Å². The molecular weight excluding hydrogens is 454 g/mol. The number of nitrogens with zero attached hydrogens (tertiary/aromatic N) is 1. The van der Waals surface area contributed by atoms with E-state index in [-0.39, 0.29) is 11.8 Å². The Morgan fingerprint density at radius 1 is 1.15 bits per heavy atom. The molecule has 3 N–H and O–H groups in total. The van der Waals surface area contributed by atoms with Crippen LogP contribution in [-0.2, 0) is 17.9 Å². The van der Waals surface area contributed by atoms with Crippen LogP contribution in [0.15, 0.2) is 30.3 Å². The van der Waals surface area contributed by atoms with E-state index in [0.29, 0.717) is 67.5 Å². The lowest BCUT2D eigenvalue weighted by Crippen LogP contribution is -2.40. The van der Waals surface area contributed by atoms with Crippen molar-refractivity contribution >= 4 is 23.2 Å². The summed E-state index contributed by atoms with van der Waals surface area (Å²) in [6.45, 7) is 9.59. The molecule has 1 unspecified atom stereocenters. The first-order valence-corrected chi connectivity index (χ1v) is 12.2. The third kappa shape index (κ3) is 7.18. The Morgan fingerprint density at radius 3 is 2.65 bits per heavy atom. The number of rotatable bonds is 10. The number of hydrogen-bond acceptors (Lipinski definition) is 6. The number of nitrogens with one attached hydrogen (secondary N) is 1. The van der Waals surface area contributed by atoms with Gasteiger partial charge in [0, 0.05) is 50.3 Å². The molecule has 1 atom stereocenters. The summed E-state index contributed by atoms with van der Waals surface area (Å²) in [7, 11) is 1.62. The molecule has 1 amide bonds. The van der Waals surface area contributed by atoms with E-state index in [0.717, 1.165) is 23.3 Å². The highest BCUT2D eigenvalue weighted by molar-refractivity contribution is 6.32. The highest BCUT2D eigenvalue weighted by Crippen LogP contribution is 2.38. The normalized spacial score (nSPS) is 13.9. The number of fused-ring (bicyclic) bond motifs is 1. The van der Waals surface area contributed by atoms with Crippen LogP contribution in [0.3, 0.4) is 0 Å². The quantitative estimate of drug-likeness (QED) is 0.478. The molecule has 7 nitrogen and oxygen atoms in total. The number of nitrogens with two attached hydrogens (primary N) is 1. The molecule has 0 radical (unpaired) electrons. The fraction of sp³-hybridized carbons (Fsp3) is 0.500. The van der Waals surface area contributed by atoms with Gasteiger partial charge in [0.25, 0.3) is 0 Å². The molecule has 0 fully saturated rings. The van der Waals surface area contributed by atoms with Gasteiger partial charge in [-0.05, 0) is 41.3 Å². The van der Waals surface area contributed by atoms with Crippen LogP contribution in [0, 0.1) is 11.8 Å². The third-order valence-corrected chi connectivity index (χ3v) is 5.84. The van der Waals surface area contributed by atoms with E-state index in [2.05, 4.69) is 19.2 Å². The topological polar surface area (TPSA) is 86.0 Å². The first kappa shape index (κ1) is 26.0. The summed E-state index contributed by atoms with van der Waals surface area (Å²) in [5.41, 5.74) is 8.53. The Bertz CT molecular complexity index is 983. The Kier molecular flexibility index (Phi) is 9.30. The molecule has 1 heterocycles. The lowest BCUT2D eigenvalue weighted by Gasteiger charge is -2.28. The van der Waals surface area contributed by atoms with Gasteiger partial charge in [0.05, 0.1) is 25.3 Å². The minimum atomic E-state index is -0.197. The average molecular weight is 490 g/mol. The zero-order valence-electron chi connectivity index (χ0n) is 20.5. The van der Waals surface area contributed by atoms with E-state index in [1.54, 1.807) is 13.2 Å². The van der Waals surface area contributed by atoms with Crippen LogP contribution >= 0.6 is 11.6 Å². The standard InChI is InChI=1S/C26H36ClN3O4/c1-17(2)15-30(16-20-10-23(27)25-24(11-20)33-6-5-7-34-25)26(31)18(3)13-29-14-19-8-21(28)12-22(9-19)32-4/h8-12,17-18,29H,5-7,13-16,28H2,1-4H3. The minimum absolute atomic E-state index is 0.0922. The second kappa shape index (κ2) is 12.2. The number of halogens is 1. The van der Waals surface area contributed by atoms with Crippen molar-refractivity contribution in [3.63, 3.8) is 0 Å². The number of amides is 1. The summed E-state index contributed by atoms with van der Waals surface area (Å²) in [6, 6.07) is 9.43. The lowest BCUT2D eigenvalue weighted by molar-refractivity contribution is -0.136. The largest absolute Gasteiger partial charge is 0.497 e. The van der Waals surface area contributed by atoms with Gasteiger partial charge in [-0.1, -0.05) is 32.4 Å². The van der Waals surface area contributed by atoms with Gasteiger partial charge in [-0.2, -0.15) is 0 Å². The second-order valence-electron chi connectivity index (χ2n) is 9.21. The summed E-state index contributed by atoms with van der Waals surface area (Å²) in [5.74, 6) is 2.18. The molecule has 2 aromatic carbocycles. The van der Waals surface area contributed by atoms with Crippen molar-refractivity contribution in [3.8, 4) is 17.2 Å². The molecule has 3 rings (SSSR count). The Hall–Kier alpha value is -2.64. The van der Waals surface area contributed by atoms with Crippen LogP contribution in [0.2, 0.25) is 5.02 Å². The summed E-state index contributed by atoms with van der Waals surface area (Å²) >= 11 is 6.47. The number of hydrogen-bond donors (Lipinski definition) is 2. The Morgan fingerprint density at radius 2 is 1.91 bits per heavy atom. The van der Waals surface area contributed by atoms with E-state index < -0.39 is 0 Å². The molecule has 34 heavy (non-hydrogen) atoms. The van der Waals surface area contributed by atoms with Crippen LogP contribution in [-0.4, -0.2) is 44.2 Å². The fourth-order valence-corrected chi connectivity index (χ4v) is 4.29. The first-order valence-electron chi connectivity index (χ1n) is 11.8. The molecule has 0 saturated carbocycles. The summed E-state index contributed by atoms with van der Waals surface area (Å²) in [6.07, 6.45) is 0.811. The van der Waals surface area contributed by atoms with Gasteiger partial charge in [-0.15, -0.1) is 0 Å². The lowest BCUT2D eigenvalue weighted by atomic mass is 10.1. The van der Waals surface area contributed by atoms with Crippen molar-refractivity contribution in [1.29, 1.82) is 0 Å². The molecule has 2 aromatic rings. The van der Waals surface area contributed by atoms with Crippen molar-refractivity contribution in [2.75, 3.05) is 39.1 Å². The molecule has 1 aliphatic heterocycles. The van der Waals surface area contributed by atoms with Crippen molar-refractivity contribution in [1.82, 2.24) is 10.2 Å². The zero-order chi connectivity index (χ0) is 24.7. The Labute approximate surface area is 207 Å². The van der Waals surface area contributed by atoms with Crippen LogP contribution < -0.4 is 25.3 Å². The maximum Gasteiger partial charge on any atom is 0.226 e. The van der Waals surface area contributed by atoms with E-state index in [1.165, 1.54) is 0 Å². The predicted molar refractivity (Wildman–Crippen MR) is 136 cm³/mol. The zero-order valence-corrected chi connectivity index (χ0v) is 21.3. The average Bonchev–Trinajstić information content (AvgIpc) is 3.03. The molecule has 0 aliphatic carbocycles. The van der Waals surface area contributed by atoms with Crippen LogP contribution in [0.25, 0.3) is 0 Å². The Balaban J connectivity index is 1.65. The van der Waals surface area contributed by atoms with E-state index in [4.69, 9.17) is 31.5 Å². The molecule has 0 spiro atoms. The smallest absolute Gasteiger partial charge is 0.226 e. The number of ether oxygens (including phenoxy) is 3. The SMILES string of the molecule is COc1cc(N)cc(CNCC(C)C(=O)N(Cc2cc(Cl)c3c(c2)OCCCO3)CC(C)C)c1. The number of benzene rings is 2.